The number of nitrogens with zero attached hydrogens (tertiary/aromatic N) is 2. The monoisotopic (exact) mass is 345 g/mol. The molecule has 4 nitrogen and oxygen atoms in total. The molecular formula is C17H19N3OS2. The number of nitrogens with one attached hydrogen (secondary N) is 1. The summed E-state index contributed by atoms with van der Waals surface area (Å²) in [7, 11) is 0. The molecule has 0 unspecified atom stereocenters. The highest BCUT2D eigenvalue weighted by atomic mass is 32.1. The lowest BCUT2D eigenvalue weighted by atomic mass is 10.2. The van der Waals surface area contributed by atoms with E-state index in [0.29, 0.717) is 18.9 Å². The number of carbonyl (C=O) groups is 1. The summed E-state index contributed by atoms with van der Waals surface area (Å²) < 4.78 is 1.15. The van der Waals surface area contributed by atoms with Crippen LogP contribution in [0.3, 0.4) is 0 Å². The van der Waals surface area contributed by atoms with Crippen LogP contribution in [0.25, 0.3) is 10.2 Å². The van der Waals surface area contributed by atoms with Crippen molar-refractivity contribution in [2.75, 3.05) is 0 Å². The number of hydrogen-bond donors (Lipinski definition) is 1. The molecule has 0 atom stereocenters. The van der Waals surface area contributed by atoms with E-state index in [1.165, 1.54) is 5.56 Å². The smallest absolute Gasteiger partial charge is 0.226 e. The Morgan fingerprint density at radius 1 is 1.30 bits per heavy atom. The lowest BCUT2D eigenvalue weighted by Crippen LogP contribution is -2.24. The molecule has 120 valence electrons. The Morgan fingerprint density at radius 3 is 2.87 bits per heavy atom. The van der Waals surface area contributed by atoms with Gasteiger partial charge < -0.3 is 5.32 Å². The van der Waals surface area contributed by atoms with Crippen molar-refractivity contribution in [2.24, 2.45) is 0 Å². The van der Waals surface area contributed by atoms with Gasteiger partial charge in [0.05, 0.1) is 33.9 Å². The molecule has 0 spiro atoms. The lowest BCUT2D eigenvalue weighted by Gasteiger charge is -2.01. The third-order valence-corrected chi connectivity index (χ3v) is 5.66. The van der Waals surface area contributed by atoms with Crippen molar-refractivity contribution in [3.05, 3.63) is 44.9 Å². The van der Waals surface area contributed by atoms with Gasteiger partial charge in [-0.05, 0) is 24.6 Å². The summed E-state index contributed by atoms with van der Waals surface area (Å²) in [6.45, 7) is 6.74. The first-order chi connectivity index (χ1) is 11.0. The number of fused-ring (bicyclic) bond motifs is 1. The number of thiazole rings is 2. The van der Waals surface area contributed by atoms with Gasteiger partial charge in [-0.2, -0.15) is 0 Å². The fraction of sp³-hybridized carbons (Fsp3) is 0.353. The predicted octanol–water partition coefficient (Wildman–Crippen LogP) is 4.04. The summed E-state index contributed by atoms with van der Waals surface area (Å²) in [5.41, 5.74) is 3.04. The molecular weight excluding hydrogens is 326 g/mol. The minimum Gasteiger partial charge on any atom is -0.349 e. The first-order valence-corrected chi connectivity index (χ1v) is 9.28. The van der Waals surface area contributed by atoms with Crippen molar-refractivity contribution < 1.29 is 4.79 Å². The fourth-order valence-corrected chi connectivity index (χ4v) is 3.95. The maximum Gasteiger partial charge on any atom is 0.226 e. The Kier molecular flexibility index (Phi) is 4.73. The molecule has 1 amide bonds. The van der Waals surface area contributed by atoms with Gasteiger partial charge in [-0.25, -0.2) is 9.97 Å². The highest BCUT2D eigenvalue weighted by molar-refractivity contribution is 7.18. The summed E-state index contributed by atoms with van der Waals surface area (Å²) in [6.07, 6.45) is 0.327. The second-order valence-electron chi connectivity index (χ2n) is 5.86. The Bertz CT molecular complexity index is 835. The minimum absolute atomic E-state index is 0.0129. The molecule has 23 heavy (non-hydrogen) atoms. The second kappa shape index (κ2) is 6.76. The third kappa shape index (κ3) is 3.95. The molecule has 2 aromatic heterocycles. The van der Waals surface area contributed by atoms with Gasteiger partial charge in [0.25, 0.3) is 0 Å². The van der Waals surface area contributed by atoms with Gasteiger partial charge in [-0.1, -0.05) is 19.9 Å². The zero-order valence-electron chi connectivity index (χ0n) is 13.4. The number of aromatic nitrogens is 2. The molecule has 0 aliphatic heterocycles. The van der Waals surface area contributed by atoms with E-state index in [1.54, 1.807) is 22.7 Å². The van der Waals surface area contributed by atoms with E-state index < -0.39 is 0 Å². The highest BCUT2D eigenvalue weighted by Gasteiger charge is 2.11. The van der Waals surface area contributed by atoms with Crippen LogP contribution >= 0.6 is 22.7 Å². The molecule has 2 heterocycles. The number of rotatable bonds is 5. The van der Waals surface area contributed by atoms with E-state index in [9.17, 15) is 4.79 Å². The van der Waals surface area contributed by atoms with E-state index in [-0.39, 0.29) is 5.91 Å². The number of aryl methyl sites for hydroxylation is 1. The molecule has 6 heteroatoms. The van der Waals surface area contributed by atoms with Crippen LogP contribution in [0.5, 0.6) is 0 Å². The molecule has 0 saturated carbocycles. The summed E-state index contributed by atoms with van der Waals surface area (Å²) in [4.78, 5) is 21.1. The average molecular weight is 345 g/mol. The van der Waals surface area contributed by atoms with Gasteiger partial charge in [-0.15, -0.1) is 22.7 Å². The molecule has 0 aliphatic rings. The Hall–Kier alpha value is -1.79. The van der Waals surface area contributed by atoms with Crippen molar-refractivity contribution >= 4 is 38.8 Å². The fourth-order valence-electron chi connectivity index (χ4n) is 2.23. The summed E-state index contributed by atoms with van der Waals surface area (Å²) in [6, 6.07) is 6.23. The molecule has 0 fully saturated rings. The molecule has 1 N–H and O–H groups in total. The van der Waals surface area contributed by atoms with Crippen LogP contribution in [0.4, 0.5) is 0 Å². The molecule has 1 aromatic carbocycles. The van der Waals surface area contributed by atoms with Crippen LogP contribution in [-0.4, -0.2) is 15.9 Å². The van der Waals surface area contributed by atoms with Crippen LogP contribution in [0.2, 0.25) is 0 Å². The quantitative estimate of drug-likeness (QED) is 0.759. The first-order valence-electron chi connectivity index (χ1n) is 7.58. The van der Waals surface area contributed by atoms with Crippen molar-refractivity contribution in [1.82, 2.24) is 15.3 Å². The minimum atomic E-state index is -0.0129. The van der Waals surface area contributed by atoms with Crippen molar-refractivity contribution in [1.29, 1.82) is 0 Å². The number of hydrogen-bond acceptors (Lipinski definition) is 5. The van der Waals surface area contributed by atoms with E-state index >= 15 is 0 Å². The Labute approximate surface area is 143 Å². The van der Waals surface area contributed by atoms with Gasteiger partial charge in [0, 0.05) is 11.3 Å². The highest BCUT2D eigenvalue weighted by Crippen LogP contribution is 2.23. The normalized spacial score (nSPS) is 11.3. The summed E-state index contributed by atoms with van der Waals surface area (Å²) in [5, 5.41) is 6.91. The molecule has 3 aromatic rings. The SMILES string of the molecule is Cc1ccc2sc(CNC(=O)Cc3csc(C(C)C)n3)nc2c1. The molecule has 0 bridgehead atoms. The average Bonchev–Trinajstić information content (AvgIpc) is 3.11. The maximum absolute atomic E-state index is 12.1. The maximum atomic E-state index is 12.1. The third-order valence-electron chi connectivity index (χ3n) is 3.43. The van der Waals surface area contributed by atoms with Gasteiger partial charge >= 0.3 is 0 Å². The molecule has 0 saturated heterocycles. The van der Waals surface area contributed by atoms with Crippen LogP contribution in [0.15, 0.2) is 23.6 Å². The van der Waals surface area contributed by atoms with Crippen molar-refractivity contribution in [3.8, 4) is 0 Å². The van der Waals surface area contributed by atoms with Gasteiger partial charge in [0.2, 0.25) is 5.91 Å². The van der Waals surface area contributed by atoms with Crippen LogP contribution in [0, 0.1) is 6.92 Å². The molecule has 0 aliphatic carbocycles. The zero-order chi connectivity index (χ0) is 16.4. The number of carbonyl (C=O) groups excluding carboxylic acids is 1. The van der Waals surface area contributed by atoms with E-state index in [0.717, 1.165) is 25.9 Å². The van der Waals surface area contributed by atoms with E-state index in [1.807, 2.05) is 5.38 Å². The predicted molar refractivity (Wildman–Crippen MR) is 96.1 cm³/mol. The van der Waals surface area contributed by atoms with Crippen LogP contribution < -0.4 is 5.32 Å². The van der Waals surface area contributed by atoms with E-state index in [2.05, 4.69) is 54.3 Å². The second-order valence-corrected chi connectivity index (χ2v) is 7.87. The summed E-state index contributed by atoms with van der Waals surface area (Å²) >= 11 is 3.24. The van der Waals surface area contributed by atoms with Gasteiger partial charge in [0.15, 0.2) is 0 Å². The summed E-state index contributed by atoms with van der Waals surface area (Å²) in [5.74, 6) is 0.393. The number of amides is 1. The van der Waals surface area contributed by atoms with Gasteiger partial charge in [-0.3, -0.25) is 4.79 Å². The van der Waals surface area contributed by atoms with Crippen LogP contribution in [0.1, 0.15) is 41.0 Å². The Morgan fingerprint density at radius 2 is 2.13 bits per heavy atom. The largest absolute Gasteiger partial charge is 0.349 e. The van der Waals surface area contributed by atoms with Crippen molar-refractivity contribution in [2.45, 2.75) is 39.7 Å². The zero-order valence-corrected chi connectivity index (χ0v) is 15.1. The van der Waals surface area contributed by atoms with Crippen molar-refractivity contribution in [3.63, 3.8) is 0 Å². The van der Waals surface area contributed by atoms with Gasteiger partial charge in [0.1, 0.15) is 5.01 Å². The topological polar surface area (TPSA) is 54.9 Å². The van der Waals surface area contributed by atoms with E-state index in [4.69, 9.17) is 0 Å². The molecule has 0 radical (unpaired) electrons. The molecule has 3 rings (SSSR count). The number of benzene rings is 1. The standard InChI is InChI=1S/C17H19N3OS2/c1-10(2)17-19-12(9-22-17)7-15(21)18-8-16-20-13-6-11(3)4-5-14(13)23-16/h4-6,9-10H,7-8H2,1-3H3,(H,18,21). The first kappa shape index (κ1) is 16.1. The lowest BCUT2D eigenvalue weighted by molar-refractivity contribution is -0.120. The Balaban J connectivity index is 1.59. The van der Waals surface area contributed by atoms with Crippen LogP contribution in [-0.2, 0) is 17.8 Å².